The molecule has 0 radical (unpaired) electrons. The summed E-state index contributed by atoms with van der Waals surface area (Å²) in [7, 11) is 0. The van der Waals surface area contributed by atoms with Crippen molar-refractivity contribution in [2.75, 3.05) is 10.6 Å². The number of phenols is 2. The minimum Gasteiger partial charge on any atom is -0.508 e. The van der Waals surface area contributed by atoms with Crippen LogP contribution in [0, 0.1) is 0 Å². The Balaban J connectivity index is 1.11. The highest BCUT2D eigenvalue weighted by Crippen LogP contribution is 2.28. The van der Waals surface area contributed by atoms with Gasteiger partial charge in [-0.05, 0) is 84.9 Å². The second-order valence-corrected chi connectivity index (χ2v) is 8.69. The summed E-state index contributed by atoms with van der Waals surface area (Å²) in [6.07, 6.45) is 0. The van der Waals surface area contributed by atoms with Crippen molar-refractivity contribution in [1.82, 2.24) is 0 Å². The van der Waals surface area contributed by atoms with Gasteiger partial charge >= 0.3 is 0 Å². The fourth-order valence-corrected chi connectivity index (χ4v) is 3.84. The van der Waals surface area contributed by atoms with Gasteiger partial charge < -0.3 is 30.3 Å². The number of hydrogen-bond acceptors (Lipinski definition) is 6. The van der Waals surface area contributed by atoms with Crippen LogP contribution in [0.1, 0.15) is 11.1 Å². The zero-order valence-corrected chi connectivity index (χ0v) is 20.7. The second kappa shape index (κ2) is 11.8. The van der Waals surface area contributed by atoms with E-state index >= 15 is 0 Å². The summed E-state index contributed by atoms with van der Waals surface area (Å²) in [4.78, 5) is 0. The number of hydrogen-bond donors (Lipinski definition) is 4. The van der Waals surface area contributed by atoms with Crippen LogP contribution in [-0.2, 0) is 13.1 Å². The summed E-state index contributed by atoms with van der Waals surface area (Å²) in [5.41, 5.74) is 3.55. The van der Waals surface area contributed by atoms with Crippen molar-refractivity contribution in [1.29, 1.82) is 0 Å². The second-order valence-electron chi connectivity index (χ2n) is 8.69. The smallest absolute Gasteiger partial charge is 0.127 e. The van der Waals surface area contributed by atoms with Gasteiger partial charge in [0, 0.05) is 35.6 Å². The monoisotopic (exact) mass is 504 g/mol. The first-order valence-electron chi connectivity index (χ1n) is 12.3. The number of aromatic hydroxyl groups is 2. The van der Waals surface area contributed by atoms with Crippen LogP contribution in [0.3, 0.4) is 0 Å². The molecule has 0 bridgehead atoms. The molecule has 0 aliphatic rings. The fraction of sp³-hybridized carbons (Fsp3) is 0.0625. The van der Waals surface area contributed by atoms with Gasteiger partial charge in [0.2, 0.25) is 0 Å². The molecule has 0 unspecified atom stereocenters. The third kappa shape index (κ3) is 6.56. The molecule has 0 atom stereocenters. The van der Waals surface area contributed by atoms with E-state index in [4.69, 9.17) is 9.47 Å². The third-order valence-corrected chi connectivity index (χ3v) is 5.95. The average Bonchev–Trinajstić information content (AvgIpc) is 2.95. The van der Waals surface area contributed by atoms with Crippen LogP contribution in [-0.4, -0.2) is 10.2 Å². The predicted octanol–water partition coefficient (Wildman–Crippen LogP) is 7.91. The van der Waals surface area contributed by atoms with Crippen LogP contribution in [0.4, 0.5) is 11.4 Å². The number of phenolic OH excluding ortho intramolecular Hbond substituents is 2. The van der Waals surface area contributed by atoms with Gasteiger partial charge in [0.05, 0.1) is 0 Å². The molecule has 5 aromatic carbocycles. The molecule has 5 rings (SSSR count). The lowest BCUT2D eigenvalue weighted by atomic mass is 10.2. The van der Waals surface area contributed by atoms with Crippen molar-refractivity contribution in [2.24, 2.45) is 0 Å². The van der Waals surface area contributed by atoms with E-state index in [2.05, 4.69) is 10.6 Å². The molecule has 6 heteroatoms. The molecule has 6 nitrogen and oxygen atoms in total. The summed E-state index contributed by atoms with van der Waals surface area (Å²) in [5.74, 6) is 3.41. The number of ether oxygens (including phenoxy) is 2. The molecule has 0 amide bonds. The van der Waals surface area contributed by atoms with Crippen molar-refractivity contribution in [3.05, 3.63) is 132 Å². The Kier molecular flexibility index (Phi) is 7.61. The molecule has 0 fully saturated rings. The van der Waals surface area contributed by atoms with Crippen LogP contribution in [0.15, 0.2) is 121 Å². The summed E-state index contributed by atoms with van der Waals surface area (Å²) < 4.78 is 11.9. The highest BCUT2D eigenvalue weighted by Gasteiger charge is 2.04. The molecule has 0 aromatic heterocycles. The Morgan fingerprint density at radius 1 is 0.421 bits per heavy atom. The Labute approximate surface area is 221 Å². The zero-order valence-electron chi connectivity index (χ0n) is 20.7. The third-order valence-electron chi connectivity index (χ3n) is 5.95. The van der Waals surface area contributed by atoms with Gasteiger partial charge in [0.25, 0.3) is 0 Å². The van der Waals surface area contributed by atoms with Crippen LogP contribution < -0.4 is 20.1 Å². The molecule has 0 spiro atoms. The lowest BCUT2D eigenvalue weighted by Crippen LogP contribution is -1.99. The standard InChI is InChI=1S/C32H28N2O4/c35-31-7-3-1-5-23(31)21-33-25-9-13-27(14-10-25)37-29-17-19-30(20-18-29)38-28-15-11-26(12-16-28)34-22-24-6-2-4-8-32(24)36/h1-20,33-36H,21-22H2. The molecule has 0 saturated carbocycles. The van der Waals surface area contributed by atoms with E-state index in [1.54, 1.807) is 24.3 Å². The molecule has 190 valence electrons. The first kappa shape index (κ1) is 24.6. The van der Waals surface area contributed by atoms with Crippen molar-refractivity contribution < 1.29 is 19.7 Å². The first-order chi connectivity index (χ1) is 18.6. The molecule has 38 heavy (non-hydrogen) atoms. The number of anilines is 2. The largest absolute Gasteiger partial charge is 0.508 e. The van der Waals surface area contributed by atoms with Crippen LogP contribution in [0.25, 0.3) is 0 Å². The van der Waals surface area contributed by atoms with Gasteiger partial charge in [-0.3, -0.25) is 0 Å². The van der Waals surface area contributed by atoms with E-state index in [-0.39, 0.29) is 11.5 Å². The minimum atomic E-state index is 0.280. The van der Waals surface area contributed by atoms with E-state index < -0.39 is 0 Å². The molecular formula is C32H28N2O4. The minimum absolute atomic E-state index is 0.280. The molecule has 4 N–H and O–H groups in total. The highest BCUT2D eigenvalue weighted by molar-refractivity contribution is 5.50. The van der Waals surface area contributed by atoms with Crippen molar-refractivity contribution in [2.45, 2.75) is 13.1 Å². The molecule has 5 aromatic rings. The Hall–Kier alpha value is -5.10. The summed E-state index contributed by atoms with van der Waals surface area (Å²) in [6, 6.07) is 37.3. The highest BCUT2D eigenvalue weighted by atomic mass is 16.5. The maximum absolute atomic E-state index is 9.89. The van der Waals surface area contributed by atoms with E-state index in [0.717, 1.165) is 34.0 Å². The van der Waals surface area contributed by atoms with Gasteiger partial charge in [-0.15, -0.1) is 0 Å². The zero-order chi connectivity index (χ0) is 26.2. The normalized spacial score (nSPS) is 10.5. The molecule has 0 saturated heterocycles. The van der Waals surface area contributed by atoms with Crippen molar-refractivity contribution in [3.8, 4) is 34.5 Å². The van der Waals surface area contributed by atoms with Crippen molar-refractivity contribution in [3.63, 3.8) is 0 Å². The van der Waals surface area contributed by atoms with E-state index in [9.17, 15) is 10.2 Å². The SMILES string of the molecule is Oc1ccccc1CNc1ccc(Oc2ccc(Oc3ccc(NCc4ccccc4O)cc3)cc2)cc1. The average molecular weight is 505 g/mol. The van der Waals surface area contributed by atoms with Gasteiger partial charge in [0.15, 0.2) is 0 Å². The number of para-hydroxylation sites is 2. The summed E-state index contributed by atoms with van der Waals surface area (Å²) in [6.45, 7) is 1.07. The van der Waals surface area contributed by atoms with E-state index in [0.29, 0.717) is 24.6 Å². The molecule has 0 aliphatic heterocycles. The topological polar surface area (TPSA) is 83.0 Å². The maximum Gasteiger partial charge on any atom is 0.127 e. The number of benzene rings is 5. The molecule has 0 aliphatic carbocycles. The fourth-order valence-electron chi connectivity index (χ4n) is 3.84. The van der Waals surface area contributed by atoms with Gasteiger partial charge in [-0.1, -0.05) is 36.4 Å². The Morgan fingerprint density at radius 3 is 1.08 bits per heavy atom. The maximum atomic E-state index is 9.89. The molecular weight excluding hydrogens is 476 g/mol. The van der Waals surface area contributed by atoms with Gasteiger partial charge in [0.1, 0.15) is 34.5 Å². The number of rotatable bonds is 10. The Morgan fingerprint density at radius 2 is 0.737 bits per heavy atom. The Bertz CT molecular complexity index is 1350. The lowest BCUT2D eigenvalue weighted by molar-refractivity contribution is 0.468. The van der Waals surface area contributed by atoms with Gasteiger partial charge in [-0.25, -0.2) is 0 Å². The van der Waals surface area contributed by atoms with Crippen LogP contribution >= 0.6 is 0 Å². The number of nitrogens with one attached hydrogen (secondary N) is 2. The molecule has 0 heterocycles. The summed E-state index contributed by atoms with van der Waals surface area (Å²) >= 11 is 0. The lowest BCUT2D eigenvalue weighted by Gasteiger charge is -2.11. The van der Waals surface area contributed by atoms with Crippen molar-refractivity contribution >= 4 is 11.4 Å². The van der Waals surface area contributed by atoms with E-state index in [1.807, 2.05) is 97.1 Å². The predicted molar refractivity (Wildman–Crippen MR) is 150 cm³/mol. The van der Waals surface area contributed by atoms with Crippen LogP contribution in [0.2, 0.25) is 0 Å². The van der Waals surface area contributed by atoms with Gasteiger partial charge in [-0.2, -0.15) is 0 Å². The quantitative estimate of drug-likeness (QED) is 0.155. The van der Waals surface area contributed by atoms with E-state index in [1.165, 1.54) is 0 Å². The first-order valence-corrected chi connectivity index (χ1v) is 12.3. The summed E-state index contributed by atoms with van der Waals surface area (Å²) in [5, 5.41) is 26.4. The van der Waals surface area contributed by atoms with Crippen LogP contribution in [0.5, 0.6) is 34.5 Å².